The summed E-state index contributed by atoms with van der Waals surface area (Å²) in [7, 11) is 0. The first-order valence-electron chi connectivity index (χ1n) is 12.7. The van der Waals surface area contributed by atoms with Crippen molar-refractivity contribution in [3.05, 3.63) is 59.4 Å². The van der Waals surface area contributed by atoms with Crippen LogP contribution >= 0.6 is 0 Å². The van der Waals surface area contributed by atoms with Gasteiger partial charge in [-0.25, -0.2) is 4.98 Å². The van der Waals surface area contributed by atoms with Gasteiger partial charge in [0, 0.05) is 43.1 Å². The Morgan fingerprint density at radius 1 is 1.13 bits per heavy atom. The molecule has 0 radical (unpaired) electrons. The number of rotatable bonds is 6. The number of anilines is 3. The van der Waals surface area contributed by atoms with Crippen molar-refractivity contribution in [2.24, 2.45) is 0 Å². The van der Waals surface area contributed by atoms with Crippen LogP contribution in [0.2, 0.25) is 0 Å². The minimum Gasteiger partial charge on any atom is -0.483 e. The quantitative estimate of drug-likeness (QED) is 0.459. The van der Waals surface area contributed by atoms with E-state index < -0.39 is 17.6 Å². The number of nitrogens with one attached hydrogen (secondary N) is 2. The van der Waals surface area contributed by atoms with Gasteiger partial charge in [0.25, 0.3) is 11.8 Å². The monoisotopic (exact) mass is 542 g/mol. The molecule has 39 heavy (non-hydrogen) atoms. The van der Waals surface area contributed by atoms with Gasteiger partial charge in [-0.05, 0) is 49.4 Å². The average molecular weight is 543 g/mol. The Morgan fingerprint density at radius 3 is 2.67 bits per heavy atom. The second-order valence-corrected chi connectivity index (χ2v) is 9.36. The molecule has 3 heterocycles. The Balaban J connectivity index is 1.38. The second-order valence-electron chi connectivity index (χ2n) is 9.36. The zero-order valence-corrected chi connectivity index (χ0v) is 21.6. The summed E-state index contributed by atoms with van der Waals surface area (Å²) in [6, 6.07) is 8.47. The third-order valence-corrected chi connectivity index (χ3v) is 6.76. The van der Waals surface area contributed by atoms with E-state index in [4.69, 9.17) is 9.47 Å². The third kappa shape index (κ3) is 6.00. The molecule has 0 saturated carbocycles. The average Bonchev–Trinajstić information content (AvgIpc) is 2.94. The Labute approximate surface area is 223 Å². The van der Waals surface area contributed by atoms with Crippen molar-refractivity contribution < 1.29 is 27.4 Å². The molecule has 0 bridgehead atoms. The lowest BCUT2D eigenvalue weighted by molar-refractivity contribution is -0.137. The molecule has 12 heteroatoms. The van der Waals surface area contributed by atoms with Gasteiger partial charge in [0.1, 0.15) is 18.7 Å². The number of carbonyl (C=O) groups is 1. The lowest BCUT2D eigenvalue weighted by atomic mass is 10.1. The molecular weight excluding hydrogens is 513 g/mol. The van der Waals surface area contributed by atoms with E-state index in [0.29, 0.717) is 49.2 Å². The molecule has 0 unspecified atom stereocenters. The number of carbonyl (C=O) groups excluding carboxylic acids is 1. The standard InChI is InChI=1S/C27H29F3N6O3/c1-3-35-7-9-36(10-8-35)21-14-19(27(28,29)30)13-20(15-21)34-25(37)18-5-4-17(2)22(12-18)39-26-23-24(32-16-33-26)31-6-11-38-23/h4-5,12-16H,3,6-11H2,1-2H3,(H,34,37)(H,31,32,33). The molecule has 2 aliphatic rings. The van der Waals surface area contributed by atoms with Crippen LogP contribution in [0.3, 0.4) is 0 Å². The number of benzene rings is 2. The number of aryl methyl sites for hydroxylation is 1. The van der Waals surface area contributed by atoms with Gasteiger partial charge >= 0.3 is 6.18 Å². The second kappa shape index (κ2) is 11.0. The molecule has 1 saturated heterocycles. The zero-order valence-electron chi connectivity index (χ0n) is 21.6. The van der Waals surface area contributed by atoms with Crippen LogP contribution in [0.4, 0.5) is 30.4 Å². The summed E-state index contributed by atoms with van der Waals surface area (Å²) in [5, 5.41) is 5.74. The van der Waals surface area contributed by atoms with Gasteiger partial charge in [0.2, 0.25) is 5.75 Å². The van der Waals surface area contributed by atoms with Crippen LogP contribution in [-0.2, 0) is 6.18 Å². The van der Waals surface area contributed by atoms with Crippen molar-refractivity contribution >= 4 is 23.1 Å². The van der Waals surface area contributed by atoms with Gasteiger partial charge in [0.05, 0.1) is 12.1 Å². The van der Waals surface area contributed by atoms with E-state index in [1.165, 1.54) is 12.4 Å². The topological polar surface area (TPSA) is 91.9 Å². The van der Waals surface area contributed by atoms with Gasteiger partial charge in [-0.15, -0.1) is 0 Å². The number of hydrogen-bond acceptors (Lipinski definition) is 8. The van der Waals surface area contributed by atoms with Crippen LogP contribution in [0.5, 0.6) is 17.4 Å². The zero-order chi connectivity index (χ0) is 27.6. The van der Waals surface area contributed by atoms with Crippen molar-refractivity contribution in [2.75, 3.05) is 61.4 Å². The molecule has 3 aromatic rings. The van der Waals surface area contributed by atoms with E-state index in [2.05, 4.69) is 32.4 Å². The largest absolute Gasteiger partial charge is 0.483 e. The van der Waals surface area contributed by atoms with Crippen LogP contribution in [0.25, 0.3) is 0 Å². The molecule has 5 rings (SSSR count). The van der Waals surface area contributed by atoms with Crippen LogP contribution in [0, 0.1) is 6.92 Å². The van der Waals surface area contributed by atoms with Crippen molar-refractivity contribution in [1.29, 1.82) is 0 Å². The van der Waals surface area contributed by atoms with Crippen LogP contribution < -0.4 is 25.0 Å². The Kier molecular flexibility index (Phi) is 7.47. The normalized spacial score (nSPS) is 15.7. The van der Waals surface area contributed by atoms with E-state index in [0.717, 1.165) is 37.3 Å². The minimum atomic E-state index is -4.56. The molecule has 1 amide bonds. The van der Waals surface area contributed by atoms with Crippen molar-refractivity contribution in [3.63, 3.8) is 0 Å². The first-order chi connectivity index (χ1) is 18.7. The molecule has 0 spiro atoms. The summed E-state index contributed by atoms with van der Waals surface area (Å²) in [4.78, 5) is 25.6. The predicted molar refractivity (Wildman–Crippen MR) is 141 cm³/mol. The summed E-state index contributed by atoms with van der Waals surface area (Å²) in [5.74, 6) is 0.863. The number of aromatic nitrogens is 2. The van der Waals surface area contributed by atoms with E-state index in [9.17, 15) is 18.0 Å². The minimum absolute atomic E-state index is 0.0649. The molecule has 1 fully saturated rings. The molecule has 2 aliphatic heterocycles. The van der Waals surface area contributed by atoms with Crippen molar-refractivity contribution in [2.45, 2.75) is 20.0 Å². The number of amides is 1. The fourth-order valence-corrected chi connectivity index (χ4v) is 4.52. The highest BCUT2D eigenvalue weighted by Crippen LogP contribution is 2.38. The summed E-state index contributed by atoms with van der Waals surface area (Å²) < 4.78 is 52.8. The third-order valence-electron chi connectivity index (χ3n) is 6.76. The SMILES string of the molecule is CCN1CCN(c2cc(NC(=O)c3ccc(C)c(Oc4ncnc5c4OCCN5)c3)cc(C(F)(F)F)c2)CC1. The molecule has 2 N–H and O–H groups in total. The van der Waals surface area contributed by atoms with Gasteiger partial charge < -0.3 is 29.9 Å². The first-order valence-corrected chi connectivity index (χ1v) is 12.7. The van der Waals surface area contributed by atoms with E-state index in [-0.39, 0.29) is 17.1 Å². The van der Waals surface area contributed by atoms with Gasteiger partial charge in [-0.3, -0.25) is 4.79 Å². The summed E-state index contributed by atoms with van der Waals surface area (Å²) in [5.41, 5.74) is 0.618. The summed E-state index contributed by atoms with van der Waals surface area (Å²) >= 11 is 0. The Hall–Kier alpha value is -4.06. The van der Waals surface area contributed by atoms with Gasteiger partial charge in [0.15, 0.2) is 5.82 Å². The number of fused-ring (bicyclic) bond motifs is 1. The molecule has 0 aliphatic carbocycles. The van der Waals surface area contributed by atoms with Gasteiger partial charge in [-0.2, -0.15) is 18.2 Å². The van der Waals surface area contributed by atoms with E-state index in [1.807, 2.05) is 4.90 Å². The lowest BCUT2D eigenvalue weighted by Crippen LogP contribution is -2.46. The van der Waals surface area contributed by atoms with E-state index in [1.54, 1.807) is 25.1 Å². The number of halogens is 3. The number of hydrogen-bond donors (Lipinski definition) is 2. The predicted octanol–water partition coefficient (Wildman–Crippen LogP) is 4.79. The summed E-state index contributed by atoms with van der Waals surface area (Å²) in [6.07, 6.45) is -3.21. The molecular formula is C27H29F3N6O3. The van der Waals surface area contributed by atoms with Crippen LogP contribution in [0.15, 0.2) is 42.7 Å². The Morgan fingerprint density at radius 2 is 1.92 bits per heavy atom. The number of nitrogens with zero attached hydrogens (tertiary/aromatic N) is 4. The van der Waals surface area contributed by atoms with Crippen molar-refractivity contribution in [1.82, 2.24) is 14.9 Å². The maximum Gasteiger partial charge on any atom is 0.416 e. The highest BCUT2D eigenvalue weighted by molar-refractivity contribution is 6.04. The van der Waals surface area contributed by atoms with Crippen LogP contribution in [0.1, 0.15) is 28.4 Å². The maximum atomic E-state index is 13.7. The number of ether oxygens (including phenoxy) is 2. The molecule has 9 nitrogen and oxygen atoms in total. The molecule has 206 valence electrons. The molecule has 0 atom stereocenters. The maximum absolute atomic E-state index is 13.7. The van der Waals surface area contributed by atoms with Crippen LogP contribution in [-0.4, -0.2) is 66.7 Å². The first kappa shape index (κ1) is 26.5. The highest BCUT2D eigenvalue weighted by Gasteiger charge is 2.32. The molecule has 1 aromatic heterocycles. The smallest absolute Gasteiger partial charge is 0.416 e. The number of piperazine rings is 1. The fourth-order valence-electron chi connectivity index (χ4n) is 4.52. The number of likely N-dealkylation sites (N-methyl/N-ethyl adjacent to an activating group) is 1. The van der Waals surface area contributed by atoms with E-state index >= 15 is 0 Å². The lowest BCUT2D eigenvalue weighted by Gasteiger charge is -2.36. The Bertz CT molecular complexity index is 1360. The molecule has 2 aromatic carbocycles. The fraction of sp³-hybridized carbons (Fsp3) is 0.370. The van der Waals surface area contributed by atoms with Crippen molar-refractivity contribution in [3.8, 4) is 17.4 Å². The van der Waals surface area contributed by atoms with Gasteiger partial charge in [-0.1, -0.05) is 13.0 Å². The highest BCUT2D eigenvalue weighted by atomic mass is 19.4. The number of alkyl halides is 3. The summed E-state index contributed by atoms with van der Waals surface area (Å²) in [6.45, 7) is 8.51.